The lowest BCUT2D eigenvalue weighted by atomic mass is 10.4. The van der Waals surface area contributed by atoms with Crippen molar-refractivity contribution >= 4 is 11.8 Å². The number of rotatable bonds is 11. The number of carbonyl (C=O) groups excluding carboxylic acids is 2. The summed E-state index contributed by atoms with van der Waals surface area (Å²) in [6.45, 7) is 10.3. The van der Waals surface area contributed by atoms with Crippen molar-refractivity contribution in [3.05, 3.63) is 47.6 Å². The summed E-state index contributed by atoms with van der Waals surface area (Å²) < 4.78 is 1.76. The van der Waals surface area contributed by atoms with Crippen molar-refractivity contribution in [3.8, 4) is 12.3 Å². The van der Waals surface area contributed by atoms with Crippen molar-refractivity contribution in [2.24, 2.45) is 5.11 Å². The van der Waals surface area contributed by atoms with Crippen molar-refractivity contribution in [1.29, 1.82) is 0 Å². The largest absolute Gasteiger partial charge is 0.347 e. The molecule has 0 saturated heterocycles. The minimum absolute atomic E-state index is 0.206. The van der Waals surface area contributed by atoms with Crippen LogP contribution in [0.3, 0.4) is 0 Å². The molecule has 2 N–H and O–H groups in total. The van der Waals surface area contributed by atoms with Gasteiger partial charge in [-0.15, -0.1) is 11.5 Å². The number of likely N-dealkylation sites (N-methyl/N-ethyl adjacent to an activating group) is 2. The molecule has 0 aliphatic heterocycles. The average Bonchev–Trinajstić information content (AvgIpc) is 3.23. The van der Waals surface area contributed by atoms with Crippen LogP contribution in [0.5, 0.6) is 0 Å². The molecule has 0 radical (unpaired) electrons. The van der Waals surface area contributed by atoms with Gasteiger partial charge in [0.2, 0.25) is 11.8 Å². The molecule has 2 amide bonds. The maximum absolute atomic E-state index is 10.9. The van der Waals surface area contributed by atoms with Crippen LogP contribution in [0.25, 0.3) is 10.4 Å². The van der Waals surface area contributed by atoms with Crippen LogP contribution in [0.4, 0.5) is 0 Å². The van der Waals surface area contributed by atoms with Crippen molar-refractivity contribution < 1.29 is 9.59 Å². The maximum atomic E-state index is 10.9. The summed E-state index contributed by atoms with van der Waals surface area (Å²) >= 11 is 0. The van der Waals surface area contributed by atoms with Crippen molar-refractivity contribution in [2.45, 2.75) is 13.1 Å². The fourth-order valence-electron chi connectivity index (χ4n) is 1.58. The summed E-state index contributed by atoms with van der Waals surface area (Å²) in [4.78, 5) is 27.8. The normalized spacial score (nSPS) is 9.16. The molecule has 0 unspecified atom stereocenters. The van der Waals surface area contributed by atoms with Gasteiger partial charge in [-0.3, -0.25) is 14.3 Å². The molecule has 1 aromatic heterocycles. The summed E-state index contributed by atoms with van der Waals surface area (Å²) in [6, 6.07) is 0. The lowest BCUT2D eigenvalue weighted by Gasteiger charge is -2.07. The smallest absolute Gasteiger partial charge is 0.244 e. The Hall–Kier alpha value is -3.65. The summed E-state index contributed by atoms with van der Waals surface area (Å²) in [5, 5.41) is 16.3. The highest BCUT2D eigenvalue weighted by Crippen LogP contribution is 1.93. The summed E-state index contributed by atoms with van der Waals surface area (Å²) in [7, 11) is 7.88. The van der Waals surface area contributed by atoms with Gasteiger partial charge < -0.3 is 20.4 Å². The fourth-order valence-corrected chi connectivity index (χ4v) is 1.58. The fraction of sp³-hybridized carbons (Fsp3) is 0.500. The Bertz CT molecular complexity index is 774. The van der Waals surface area contributed by atoms with E-state index in [-0.39, 0.29) is 18.4 Å². The minimum atomic E-state index is -0.233. The van der Waals surface area contributed by atoms with E-state index in [0.717, 1.165) is 25.3 Å². The Labute approximate surface area is 190 Å². The van der Waals surface area contributed by atoms with Crippen molar-refractivity contribution in [3.63, 3.8) is 0 Å². The Morgan fingerprint density at radius 1 is 1.22 bits per heavy atom. The van der Waals surface area contributed by atoms with Crippen LogP contribution in [0.15, 0.2) is 36.6 Å². The zero-order chi connectivity index (χ0) is 24.8. The lowest BCUT2D eigenvalue weighted by molar-refractivity contribution is -0.117. The average molecular weight is 447 g/mol. The van der Waals surface area contributed by atoms with Crippen LogP contribution >= 0.6 is 0 Å². The third-order valence-corrected chi connectivity index (χ3v) is 3.25. The molecule has 1 aromatic rings. The number of terminal acetylenes is 1. The van der Waals surface area contributed by atoms with Gasteiger partial charge in [-0.05, 0) is 45.9 Å². The predicted octanol–water partition coefficient (Wildman–Crippen LogP) is 0.422. The minimum Gasteiger partial charge on any atom is -0.347 e. The summed E-state index contributed by atoms with van der Waals surface area (Å²) in [5.74, 6) is 1.81. The second kappa shape index (κ2) is 20.6. The van der Waals surface area contributed by atoms with Gasteiger partial charge in [0.1, 0.15) is 5.69 Å². The second-order valence-electron chi connectivity index (χ2n) is 6.58. The van der Waals surface area contributed by atoms with Gasteiger partial charge in [-0.1, -0.05) is 29.4 Å². The molecule has 1 heterocycles. The molecule has 0 aliphatic rings. The SMILES string of the molecule is C#CCNC(=O)C=C.C=CC(=O)NCc1cn(CCN(C)C)nn1.CN(C)CCN=[N+]=[N-]. The van der Waals surface area contributed by atoms with E-state index < -0.39 is 0 Å². The van der Waals surface area contributed by atoms with Gasteiger partial charge in [-0.25, -0.2) is 0 Å². The Morgan fingerprint density at radius 2 is 1.81 bits per heavy atom. The zero-order valence-electron chi connectivity index (χ0n) is 19.4. The van der Waals surface area contributed by atoms with E-state index in [9.17, 15) is 9.59 Å². The third kappa shape index (κ3) is 21.1. The summed E-state index contributed by atoms with van der Waals surface area (Å²) in [6.07, 6.45) is 9.07. The lowest BCUT2D eigenvalue weighted by Crippen LogP contribution is -2.20. The first kappa shape index (κ1) is 30.5. The number of hydrogen-bond acceptors (Lipinski definition) is 7. The van der Waals surface area contributed by atoms with E-state index in [1.54, 1.807) is 4.68 Å². The van der Waals surface area contributed by atoms with E-state index in [4.69, 9.17) is 12.0 Å². The Morgan fingerprint density at radius 3 is 2.31 bits per heavy atom. The second-order valence-corrected chi connectivity index (χ2v) is 6.58. The molecule has 0 spiro atoms. The standard InChI is InChI=1S/C10H17N5O.C6H7NO.C4H10N4/c1-4-10(16)11-7-9-8-15(13-12-9)6-5-14(2)3;1-3-5-7-6(8)4-2;1-8(2)4-3-6-7-5/h4,8H,1,5-7H2,2-3H3,(H,11,16);1,4H,2,5H2,(H,7,8);3-4H2,1-2H3. The molecule has 12 heteroatoms. The van der Waals surface area contributed by atoms with Crippen LogP contribution in [-0.4, -0.2) is 91.0 Å². The Kier molecular flexibility index (Phi) is 19.7. The molecular weight excluding hydrogens is 412 g/mol. The molecule has 0 aliphatic carbocycles. The number of nitrogens with one attached hydrogen (secondary N) is 2. The quantitative estimate of drug-likeness (QED) is 0.166. The molecule has 32 heavy (non-hydrogen) atoms. The molecule has 1 rings (SSSR count). The van der Waals surface area contributed by atoms with Crippen molar-refractivity contribution in [1.82, 2.24) is 35.4 Å². The van der Waals surface area contributed by atoms with Gasteiger partial charge >= 0.3 is 0 Å². The van der Waals surface area contributed by atoms with Crippen LogP contribution in [0, 0.1) is 12.3 Å². The van der Waals surface area contributed by atoms with E-state index in [0.29, 0.717) is 13.1 Å². The van der Waals surface area contributed by atoms with Crippen molar-refractivity contribution in [2.75, 3.05) is 54.4 Å². The number of aromatic nitrogens is 3. The zero-order valence-corrected chi connectivity index (χ0v) is 19.4. The van der Waals surface area contributed by atoms with Crippen LogP contribution < -0.4 is 10.6 Å². The first-order chi connectivity index (χ1) is 15.2. The molecule has 0 bridgehead atoms. The first-order valence-corrected chi connectivity index (χ1v) is 9.63. The highest BCUT2D eigenvalue weighted by molar-refractivity contribution is 5.87. The topological polar surface area (TPSA) is 144 Å². The number of amides is 2. The van der Waals surface area contributed by atoms with E-state index >= 15 is 0 Å². The van der Waals surface area contributed by atoms with Gasteiger partial charge in [0.25, 0.3) is 0 Å². The molecule has 0 fully saturated rings. The van der Waals surface area contributed by atoms with Gasteiger partial charge in [0, 0.05) is 24.5 Å². The molecule has 176 valence electrons. The first-order valence-electron chi connectivity index (χ1n) is 9.63. The van der Waals surface area contributed by atoms with Crippen LogP contribution in [0.1, 0.15) is 5.69 Å². The molecule has 0 saturated carbocycles. The van der Waals surface area contributed by atoms with Crippen LogP contribution in [0.2, 0.25) is 0 Å². The molecule has 0 aromatic carbocycles. The maximum Gasteiger partial charge on any atom is 0.244 e. The molecule has 12 nitrogen and oxygen atoms in total. The highest BCUT2D eigenvalue weighted by atomic mass is 16.2. The molecule has 0 atom stereocenters. The van der Waals surface area contributed by atoms with Gasteiger partial charge in [-0.2, -0.15) is 0 Å². The monoisotopic (exact) mass is 446 g/mol. The summed E-state index contributed by atoms with van der Waals surface area (Å²) in [5.41, 5.74) is 8.56. The number of azide groups is 1. The highest BCUT2D eigenvalue weighted by Gasteiger charge is 2.02. The third-order valence-electron chi connectivity index (χ3n) is 3.25. The van der Waals surface area contributed by atoms with Crippen LogP contribution in [-0.2, 0) is 22.7 Å². The molecular formula is C20H34N10O2. The Balaban J connectivity index is 0. The number of nitrogens with zero attached hydrogens (tertiary/aromatic N) is 8. The van der Waals surface area contributed by atoms with E-state index in [2.05, 4.69) is 54.9 Å². The van der Waals surface area contributed by atoms with Gasteiger partial charge in [0.15, 0.2) is 0 Å². The van der Waals surface area contributed by atoms with Gasteiger partial charge in [0.05, 0.1) is 25.8 Å². The predicted molar refractivity (Wildman–Crippen MR) is 125 cm³/mol. The number of carbonyl (C=O) groups is 2. The van der Waals surface area contributed by atoms with E-state index in [1.165, 1.54) is 12.2 Å². The number of hydrogen-bond donors (Lipinski definition) is 2. The van der Waals surface area contributed by atoms with E-state index in [1.807, 2.05) is 39.3 Å².